The van der Waals surface area contributed by atoms with Crippen molar-refractivity contribution in [3.05, 3.63) is 24.3 Å². The van der Waals surface area contributed by atoms with Gasteiger partial charge in [-0.1, -0.05) is 0 Å². The fourth-order valence-corrected chi connectivity index (χ4v) is 1.64. The number of carbonyl (C=O) groups is 2. The van der Waals surface area contributed by atoms with E-state index in [0.717, 1.165) is 5.01 Å². The second-order valence-electron chi connectivity index (χ2n) is 3.92. The molecule has 0 bridgehead atoms. The van der Waals surface area contributed by atoms with Gasteiger partial charge in [-0.2, -0.15) is 10.1 Å². The number of anilines is 2. The van der Waals surface area contributed by atoms with Gasteiger partial charge in [-0.25, -0.2) is 4.79 Å². The number of rotatable bonds is 3. The third-order valence-electron chi connectivity index (χ3n) is 2.60. The number of benzene rings is 1. The molecular weight excluding hydrogens is 248 g/mol. The van der Waals surface area contributed by atoms with E-state index in [1.807, 2.05) is 0 Å². The number of nitrogens with two attached hydrogens (primary N) is 2. The van der Waals surface area contributed by atoms with Crippen LogP contribution in [0.5, 0.6) is 0 Å². The van der Waals surface area contributed by atoms with Crippen molar-refractivity contribution in [3.63, 3.8) is 0 Å². The highest BCUT2D eigenvalue weighted by Crippen LogP contribution is 2.21. The Morgan fingerprint density at radius 2 is 2.05 bits per heavy atom. The molecule has 0 fully saturated rings. The molecular formula is C12H14N4O3. The molecule has 1 unspecified atom stereocenters. The Hall–Kier alpha value is -2.41. The molecule has 0 spiro atoms. The maximum absolute atomic E-state index is 12.0. The van der Waals surface area contributed by atoms with Crippen molar-refractivity contribution >= 4 is 29.0 Å². The van der Waals surface area contributed by atoms with Crippen molar-refractivity contribution in [1.29, 1.82) is 0 Å². The molecule has 1 amide bonds. The van der Waals surface area contributed by atoms with Crippen molar-refractivity contribution in [2.45, 2.75) is 13.0 Å². The van der Waals surface area contributed by atoms with Gasteiger partial charge in [0, 0.05) is 5.69 Å². The molecule has 100 valence electrons. The Kier molecular flexibility index (Phi) is 3.48. The summed E-state index contributed by atoms with van der Waals surface area (Å²) in [5.41, 5.74) is 12.2. The molecule has 1 aliphatic rings. The van der Waals surface area contributed by atoms with E-state index in [1.165, 1.54) is 0 Å². The summed E-state index contributed by atoms with van der Waals surface area (Å²) in [5.74, 6) is -1.16. The number of hydrazone groups is 1. The van der Waals surface area contributed by atoms with Crippen LogP contribution in [0.25, 0.3) is 0 Å². The Morgan fingerprint density at radius 3 is 2.63 bits per heavy atom. The van der Waals surface area contributed by atoms with Crippen molar-refractivity contribution < 1.29 is 14.3 Å². The average Bonchev–Trinajstić information content (AvgIpc) is 2.68. The van der Waals surface area contributed by atoms with Gasteiger partial charge < -0.3 is 16.2 Å². The maximum atomic E-state index is 12.0. The zero-order valence-electron chi connectivity index (χ0n) is 10.4. The van der Waals surface area contributed by atoms with Gasteiger partial charge in [-0.15, -0.1) is 0 Å². The minimum Gasteiger partial charge on any atom is -0.461 e. The molecule has 0 saturated heterocycles. The number of esters is 1. The van der Waals surface area contributed by atoms with E-state index < -0.39 is 17.9 Å². The van der Waals surface area contributed by atoms with Crippen LogP contribution in [-0.4, -0.2) is 30.2 Å². The van der Waals surface area contributed by atoms with Crippen molar-refractivity contribution in [2.24, 2.45) is 10.8 Å². The van der Waals surface area contributed by atoms with Crippen molar-refractivity contribution in [3.8, 4) is 0 Å². The van der Waals surface area contributed by atoms with E-state index in [2.05, 4.69) is 5.10 Å². The molecule has 1 atom stereocenters. The van der Waals surface area contributed by atoms with Crippen LogP contribution in [0.1, 0.15) is 6.92 Å². The largest absolute Gasteiger partial charge is 0.461 e. The Bertz CT molecular complexity index is 538. The lowest BCUT2D eigenvalue weighted by atomic mass is 10.2. The van der Waals surface area contributed by atoms with Crippen LogP contribution in [-0.2, 0) is 14.3 Å². The van der Waals surface area contributed by atoms with Crippen LogP contribution in [0.2, 0.25) is 0 Å². The number of nitrogen functional groups attached to an aromatic ring is 1. The van der Waals surface area contributed by atoms with E-state index in [4.69, 9.17) is 16.2 Å². The normalized spacial score (nSPS) is 18.4. The van der Waals surface area contributed by atoms with E-state index in [-0.39, 0.29) is 12.3 Å². The third kappa shape index (κ3) is 2.41. The molecule has 1 aromatic carbocycles. The molecule has 1 aliphatic heterocycles. The SMILES string of the molecule is CCOC(=O)C1=NN(c2ccc(N)cc2)C(=O)C1N. The lowest BCUT2D eigenvalue weighted by Crippen LogP contribution is -2.42. The molecule has 19 heavy (non-hydrogen) atoms. The summed E-state index contributed by atoms with van der Waals surface area (Å²) in [7, 11) is 0. The second-order valence-corrected chi connectivity index (χ2v) is 3.92. The van der Waals surface area contributed by atoms with E-state index in [1.54, 1.807) is 31.2 Å². The monoisotopic (exact) mass is 262 g/mol. The Morgan fingerprint density at radius 1 is 1.42 bits per heavy atom. The standard InChI is InChI=1S/C12H14N4O3/c1-2-19-12(18)10-9(14)11(17)16(15-10)8-5-3-7(13)4-6-8/h3-6,9H,2,13-14H2,1H3. The average molecular weight is 262 g/mol. The quantitative estimate of drug-likeness (QED) is 0.582. The summed E-state index contributed by atoms with van der Waals surface area (Å²) >= 11 is 0. The molecule has 0 aliphatic carbocycles. The summed E-state index contributed by atoms with van der Waals surface area (Å²) < 4.78 is 4.80. The van der Waals surface area contributed by atoms with Gasteiger partial charge in [0.15, 0.2) is 5.71 Å². The fourth-order valence-electron chi connectivity index (χ4n) is 1.64. The molecule has 1 heterocycles. The van der Waals surface area contributed by atoms with Crippen molar-refractivity contribution in [1.82, 2.24) is 0 Å². The smallest absolute Gasteiger partial charge is 0.356 e. The summed E-state index contributed by atoms with van der Waals surface area (Å²) in [6.07, 6.45) is 0. The zero-order chi connectivity index (χ0) is 14.0. The highest BCUT2D eigenvalue weighted by Gasteiger charge is 2.38. The summed E-state index contributed by atoms with van der Waals surface area (Å²) in [4.78, 5) is 23.6. The van der Waals surface area contributed by atoms with Crippen LogP contribution >= 0.6 is 0 Å². The molecule has 7 nitrogen and oxygen atoms in total. The first-order valence-electron chi connectivity index (χ1n) is 5.75. The predicted molar refractivity (Wildman–Crippen MR) is 70.4 cm³/mol. The molecule has 2 rings (SSSR count). The Balaban J connectivity index is 2.29. The first-order valence-corrected chi connectivity index (χ1v) is 5.75. The molecule has 0 aromatic heterocycles. The van der Waals surface area contributed by atoms with E-state index in [9.17, 15) is 9.59 Å². The van der Waals surface area contributed by atoms with Gasteiger partial charge >= 0.3 is 5.97 Å². The molecule has 0 radical (unpaired) electrons. The van der Waals surface area contributed by atoms with Crippen LogP contribution in [0.15, 0.2) is 29.4 Å². The van der Waals surface area contributed by atoms with Crippen molar-refractivity contribution in [2.75, 3.05) is 17.3 Å². The zero-order valence-corrected chi connectivity index (χ0v) is 10.4. The highest BCUT2D eigenvalue weighted by molar-refractivity contribution is 6.45. The first-order chi connectivity index (χ1) is 9.04. The first kappa shape index (κ1) is 13.0. The molecule has 1 aromatic rings. The molecule has 4 N–H and O–H groups in total. The predicted octanol–water partition coefficient (Wildman–Crippen LogP) is -0.138. The van der Waals surface area contributed by atoms with Gasteiger partial charge in [-0.05, 0) is 31.2 Å². The molecule has 0 saturated carbocycles. The number of hydrogen-bond donors (Lipinski definition) is 2. The summed E-state index contributed by atoms with van der Waals surface area (Å²) in [6.45, 7) is 1.86. The van der Waals surface area contributed by atoms with Gasteiger partial charge in [0.1, 0.15) is 6.04 Å². The summed E-state index contributed by atoms with van der Waals surface area (Å²) in [6, 6.07) is 5.41. The van der Waals surface area contributed by atoms with Crippen LogP contribution in [0.4, 0.5) is 11.4 Å². The number of nitrogens with zero attached hydrogens (tertiary/aromatic N) is 2. The minimum atomic E-state index is -1.10. The number of ether oxygens (including phenoxy) is 1. The lowest BCUT2D eigenvalue weighted by Gasteiger charge is -2.12. The van der Waals surface area contributed by atoms with E-state index in [0.29, 0.717) is 11.4 Å². The fraction of sp³-hybridized carbons (Fsp3) is 0.250. The Labute approximate surface area is 109 Å². The van der Waals surface area contributed by atoms with Crippen LogP contribution in [0, 0.1) is 0 Å². The van der Waals surface area contributed by atoms with Crippen LogP contribution < -0.4 is 16.5 Å². The minimum absolute atomic E-state index is 0.0938. The number of hydrogen-bond acceptors (Lipinski definition) is 6. The lowest BCUT2D eigenvalue weighted by molar-refractivity contribution is -0.135. The highest BCUT2D eigenvalue weighted by atomic mass is 16.5. The van der Waals surface area contributed by atoms with Gasteiger partial charge in [0.2, 0.25) is 0 Å². The van der Waals surface area contributed by atoms with Gasteiger partial charge in [0.25, 0.3) is 5.91 Å². The van der Waals surface area contributed by atoms with E-state index >= 15 is 0 Å². The summed E-state index contributed by atoms with van der Waals surface area (Å²) in [5, 5.41) is 5.01. The maximum Gasteiger partial charge on any atom is 0.356 e. The number of carbonyl (C=O) groups excluding carboxylic acids is 2. The second kappa shape index (κ2) is 5.07. The van der Waals surface area contributed by atoms with Gasteiger partial charge in [0.05, 0.1) is 12.3 Å². The number of amides is 1. The van der Waals surface area contributed by atoms with Crippen LogP contribution in [0.3, 0.4) is 0 Å². The topological polar surface area (TPSA) is 111 Å². The molecule has 7 heteroatoms. The third-order valence-corrected chi connectivity index (χ3v) is 2.60. The van der Waals surface area contributed by atoms with Gasteiger partial charge in [-0.3, -0.25) is 4.79 Å².